The van der Waals surface area contributed by atoms with Gasteiger partial charge < -0.3 is 14.8 Å². The van der Waals surface area contributed by atoms with Crippen LogP contribution in [0.15, 0.2) is 0 Å². The molecule has 112 valence electrons. The van der Waals surface area contributed by atoms with E-state index >= 15 is 0 Å². The fraction of sp³-hybridized carbons (Fsp3) is 1.00. The predicted molar refractivity (Wildman–Crippen MR) is 78.4 cm³/mol. The summed E-state index contributed by atoms with van der Waals surface area (Å²) < 4.78 is 11.4. The molecule has 1 aliphatic carbocycles. The summed E-state index contributed by atoms with van der Waals surface area (Å²) in [7, 11) is 0. The van der Waals surface area contributed by atoms with Gasteiger partial charge in [-0.15, -0.1) is 0 Å². The molecule has 3 nitrogen and oxygen atoms in total. The summed E-state index contributed by atoms with van der Waals surface area (Å²) in [4.78, 5) is 0. The first kappa shape index (κ1) is 15.3. The highest BCUT2D eigenvalue weighted by Gasteiger charge is 2.25. The second-order valence-electron chi connectivity index (χ2n) is 6.20. The highest BCUT2D eigenvalue weighted by Crippen LogP contribution is 2.28. The average Bonchev–Trinajstić information content (AvgIpc) is 2.98. The van der Waals surface area contributed by atoms with Crippen molar-refractivity contribution in [1.29, 1.82) is 0 Å². The number of hydrogen-bond acceptors (Lipinski definition) is 3. The van der Waals surface area contributed by atoms with Crippen molar-refractivity contribution in [2.75, 3.05) is 33.0 Å². The number of hydrogen-bond donors (Lipinski definition) is 1. The van der Waals surface area contributed by atoms with Gasteiger partial charge in [-0.1, -0.05) is 19.8 Å². The van der Waals surface area contributed by atoms with Crippen LogP contribution in [0.3, 0.4) is 0 Å². The van der Waals surface area contributed by atoms with Crippen LogP contribution in [0.25, 0.3) is 0 Å². The standard InChI is InChI=1S/C16H31NO2/c1-2-9-17-16(15-5-3-4-6-15)13-19-12-14-7-10-18-11-8-14/h14-17H,2-13H2,1H3. The molecule has 0 spiro atoms. The molecule has 3 heteroatoms. The Hall–Kier alpha value is -0.120. The average molecular weight is 269 g/mol. The molecule has 1 heterocycles. The number of ether oxygens (including phenoxy) is 2. The molecule has 0 radical (unpaired) electrons. The van der Waals surface area contributed by atoms with Gasteiger partial charge in [0.1, 0.15) is 0 Å². The van der Waals surface area contributed by atoms with Crippen LogP contribution >= 0.6 is 0 Å². The Morgan fingerprint density at radius 3 is 2.58 bits per heavy atom. The van der Waals surface area contributed by atoms with Gasteiger partial charge in [0.25, 0.3) is 0 Å². The van der Waals surface area contributed by atoms with Gasteiger partial charge in [0.2, 0.25) is 0 Å². The smallest absolute Gasteiger partial charge is 0.0622 e. The maximum absolute atomic E-state index is 6.03. The maximum atomic E-state index is 6.03. The lowest BCUT2D eigenvalue weighted by atomic mass is 9.98. The summed E-state index contributed by atoms with van der Waals surface area (Å²) in [6, 6.07) is 0.585. The molecule has 1 aliphatic heterocycles. The van der Waals surface area contributed by atoms with E-state index < -0.39 is 0 Å². The van der Waals surface area contributed by atoms with Crippen molar-refractivity contribution in [2.45, 2.75) is 57.9 Å². The van der Waals surface area contributed by atoms with Gasteiger partial charge in [0, 0.05) is 25.9 Å². The van der Waals surface area contributed by atoms with Crippen LogP contribution < -0.4 is 5.32 Å². The molecule has 2 aliphatic rings. The van der Waals surface area contributed by atoms with Crippen molar-refractivity contribution in [3.8, 4) is 0 Å². The summed E-state index contributed by atoms with van der Waals surface area (Å²) in [6.07, 6.45) is 9.17. The van der Waals surface area contributed by atoms with Crippen molar-refractivity contribution in [1.82, 2.24) is 5.32 Å². The first-order valence-corrected chi connectivity index (χ1v) is 8.29. The van der Waals surface area contributed by atoms with Gasteiger partial charge in [0.15, 0.2) is 0 Å². The Bertz CT molecular complexity index is 223. The molecule has 1 N–H and O–H groups in total. The van der Waals surface area contributed by atoms with E-state index in [2.05, 4.69) is 12.2 Å². The Morgan fingerprint density at radius 2 is 1.89 bits per heavy atom. The van der Waals surface area contributed by atoms with Crippen LogP contribution in [0.1, 0.15) is 51.9 Å². The molecular formula is C16H31NO2. The molecule has 0 aromatic rings. The van der Waals surface area contributed by atoms with Crippen LogP contribution in [-0.4, -0.2) is 39.0 Å². The van der Waals surface area contributed by atoms with E-state index in [9.17, 15) is 0 Å². The molecule has 2 fully saturated rings. The third-order valence-corrected chi connectivity index (χ3v) is 4.62. The van der Waals surface area contributed by atoms with E-state index in [0.717, 1.165) is 44.8 Å². The monoisotopic (exact) mass is 269 g/mol. The lowest BCUT2D eigenvalue weighted by molar-refractivity contribution is 0.0111. The molecule has 1 unspecified atom stereocenters. The van der Waals surface area contributed by atoms with Crippen LogP contribution in [0.4, 0.5) is 0 Å². The molecule has 0 amide bonds. The van der Waals surface area contributed by atoms with Gasteiger partial charge in [-0.3, -0.25) is 0 Å². The summed E-state index contributed by atoms with van der Waals surface area (Å²) in [5, 5.41) is 3.70. The first-order chi connectivity index (χ1) is 9.40. The normalized spacial score (nSPS) is 23.8. The number of rotatable bonds is 8. The second-order valence-corrected chi connectivity index (χ2v) is 6.20. The Balaban J connectivity index is 1.66. The van der Waals surface area contributed by atoms with Crippen molar-refractivity contribution in [2.24, 2.45) is 11.8 Å². The highest BCUT2D eigenvalue weighted by molar-refractivity contribution is 4.80. The van der Waals surface area contributed by atoms with E-state index in [-0.39, 0.29) is 0 Å². The first-order valence-electron chi connectivity index (χ1n) is 8.29. The summed E-state index contributed by atoms with van der Waals surface area (Å²) in [5.74, 6) is 1.57. The fourth-order valence-electron chi connectivity index (χ4n) is 3.33. The fourth-order valence-corrected chi connectivity index (χ4v) is 3.33. The Kier molecular flexibility index (Phi) is 7.18. The zero-order chi connectivity index (χ0) is 13.3. The van der Waals surface area contributed by atoms with Gasteiger partial charge >= 0.3 is 0 Å². The second kappa shape index (κ2) is 8.93. The lowest BCUT2D eigenvalue weighted by Crippen LogP contribution is -2.40. The summed E-state index contributed by atoms with van der Waals surface area (Å²) in [5.41, 5.74) is 0. The molecule has 0 aromatic carbocycles. The third-order valence-electron chi connectivity index (χ3n) is 4.62. The van der Waals surface area contributed by atoms with Crippen molar-refractivity contribution < 1.29 is 9.47 Å². The van der Waals surface area contributed by atoms with Crippen LogP contribution in [0.5, 0.6) is 0 Å². The molecule has 0 bridgehead atoms. The van der Waals surface area contributed by atoms with Gasteiger partial charge in [0.05, 0.1) is 6.61 Å². The predicted octanol–water partition coefficient (Wildman–Crippen LogP) is 2.99. The SMILES string of the molecule is CCCNC(COCC1CCOCC1)C1CCCC1. The van der Waals surface area contributed by atoms with E-state index in [1.165, 1.54) is 44.9 Å². The Labute approximate surface area is 118 Å². The van der Waals surface area contributed by atoms with Crippen LogP contribution in [0, 0.1) is 11.8 Å². The maximum Gasteiger partial charge on any atom is 0.0622 e. The van der Waals surface area contributed by atoms with Crippen molar-refractivity contribution in [3.63, 3.8) is 0 Å². The zero-order valence-electron chi connectivity index (χ0n) is 12.5. The van der Waals surface area contributed by atoms with E-state index in [0.29, 0.717) is 6.04 Å². The van der Waals surface area contributed by atoms with Crippen molar-refractivity contribution >= 4 is 0 Å². The minimum absolute atomic E-state index is 0.585. The lowest BCUT2D eigenvalue weighted by Gasteiger charge is -2.27. The third kappa shape index (κ3) is 5.41. The Morgan fingerprint density at radius 1 is 1.16 bits per heavy atom. The molecule has 19 heavy (non-hydrogen) atoms. The summed E-state index contributed by atoms with van der Waals surface area (Å²) >= 11 is 0. The van der Waals surface area contributed by atoms with Gasteiger partial charge in [-0.25, -0.2) is 0 Å². The van der Waals surface area contributed by atoms with Gasteiger partial charge in [-0.05, 0) is 50.5 Å². The summed E-state index contributed by atoms with van der Waals surface area (Å²) in [6.45, 7) is 7.05. The molecule has 1 saturated heterocycles. The van der Waals surface area contributed by atoms with E-state index in [1.54, 1.807) is 0 Å². The van der Waals surface area contributed by atoms with Crippen molar-refractivity contribution in [3.05, 3.63) is 0 Å². The molecule has 0 aromatic heterocycles. The molecular weight excluding hydrogens is 238 g/mol. The molecule has 2 rings (SSSR count). The highest BCUT2D eigenvalue weighted by atomic mass is 16.5. The quantitative estimate of drug-likeness (QED) is 0.735. The van der Waals surface area contributed by atoms with Gasteiger partial charge in [-0.2, -0.15) is 0 Å². The largest absolute Gasteiger partial charge is 0.381 e. The zero-order valence-corrected chi connectivity index (χ0v) is 12.5. The minimum Gasteiger partial charge on any atom is -0.381 e. The van der Waals surface area contributed by atoms with E-state index in [1.807, 2.05) is 0 Å². The topological polar surface area (TPSA) is 30.5 Å². The van der Waals surface area contributed by atoms with Crippen LogP contribution in [-0.2, 0) is 9.47 Å². The number of nitrogens with one attached hydrogen (secondary N) is 1. The molecule has 1 atom stereocenters. The van der Waals surface area contributed by atoms with E-state index in [4.69, 9.17) is 9.47 Å². The minimum atomic E-state index is 0.585. The molecule has 1 saturated carbocycles. The van der Waals surface area contributed by atoms with Crippen LogP contribution in [0.2, 0.25) is 0 Å².